The Labute approximate surface area is 131 Å². The number of rotatable bonds is 5. The van der Waals surface area contributed by atoms with Gasteiger partial charge in [-0.2, -0.15) is 0 Å². The van der Waals surface area contributed by atoms with Crippen LogP contribution in [0.3, 0.4) is 0 Å². The van der Waals surface area contributed by atoms with Crippen molar-refractivity contribution in [3.05, 3.63) is 28.6 Å². The van der Waals surface area contributed by atoms with Gasteiger partial charge in [0.2, 0.25) is 5.91 Å². The normalized spacial score (nSPS) is 21.6. The Morgan fingerprint density at radius 3 is 3.05 bits per heavy atom. The van der Waals surface area contributed by atoms with E-state index in [9.17, 15) is 9.90 Å². The molecule has 2 unspecified atom stereocenters. The minimum absolute atomic E-state index is 0.0165. The predicted molar refractivity (Wildman–Crippen MR) is 85.5 cm³/mol. The number of nitrogens with one attached hydrogen (secondary N) is 1. The van der Waals surface area contributed by atoms with E-state index in [1.165, 1.54) is 0 Å². The Morgan fingerprint density at radius 1 is 1.43 bits per heavy atom. The number of amides is 1. The summed E-state index contributed by atoms with van der Waals surface area (Å²) in [5.74, 6) is 0.197. The fourth-order valence-corrected chi connectivity index (χ4v) is 4.26. The average molecular weight is 322 g/mol. The molecule has 1 fully saturated rings. The third kappa shape index (κ3) is 3.70. The summed E-state index contributed by atoms with van der Waals surface area (Å²) in [6.07, 6.45) is 2.97. The third-order valence-electron chi connectivity index (χ3n) is 3.81. The van der Waals surface area contributed by atoms with Gasteiger partial charge in [-0.15, -0.1) is 22.7 Å². The Hall–Kier alpha value is -1.24. The van der Waals surface area contributed by atoms with Crippen molar-refractivity contribution in [2.24, 2.45) is 5.92 Å². The van der Waals surface area contributed by atoms with E-state index < -0.39 is 0 Å². The van der Waals surface area contributed by atoms with Crippen LogP contribution in [0.5, 0.6) is 0 Å². The van der Waals surface area contributed by atoms with Gasteiger partial charge in [-0.25, -0.2) is 4.98 Å². The highest BCUT2D eigenvalue weighted by Gasteiger charge is 2.25. The zero-order chi connectivity index (χ0) is 14.7. The molecule has 0 radical (unpaired) electrons. The number of aromatic nitrogens is 1. The van der Waals surface area contributed by atoms with Crippen molar-refractivity contribution >= 4 is 28.6 Å². The van der Waals surface area contributed by atoms with Crippen molar-refractivity contribution in [3.63, 3.8) is 0 Å². The topological polar surface area (TPSA) is 62.2 Å². The minimum atomic E-state index is -0.255. The van der Waals surface area contributed by atoms with Crippen LogP contribution in [-0.4, -0.2) is 28.6 Å². The summed E-state index contributed by atoms with van der Waals surface area (Å²) >= 11 is 3.23. The molecular formula is C15H18N2O2S2. The maximum atomic E-state index is 11.9. The minimum Gasteiger partial charge on any atom is -0.393 e. The van der Waals surface area contributed by atoms with Gasteiger partial charge in [0.25, 0.3) is 0 Å². The van der Waals surface area contributed by atoms with Gasteiger partial charge in [-0.3, -0.25) is 4.79 Å². The van der Waals surface area contributed by atoms with Crippen molar-refractivity contribution in [1.29, 1.82) is 0 Å². The summed E-state index contributed by atoms with van der Waals surface area (Å²) in [5, 5.41) is 17.6. The van der Waals surface area contributed by atoms with Crippen LogP contribution < -0.4 is 5.32 Å². The van der Waals surface area contributed by atoms with Crippen LogP contribution in [0.2, 0.25) is 0 Å². The van der Waals surface area contributed by atoms with Crippen molar-refractivity contribution in [3.8, 4) is 9.88 Å². The predicted octanol–water partition coefficient (Wildman–Crippen LogP) is 2.69. The lowest BCUT2D eigenvalue weighted by Crippen LogP contribution is -2.33. The molecule has 2 atom stereocenters. The van der Waals surface area contributed by atoms with Crippen LogP contribution in [0.4, 0.5) is 0 Å². The first-order valence-electron chi connectivity index (χ1n) is 7.15. The van der Waals surface area contributed by atoms with Crippen LogP contribution in [0.25, 0.3) is 9.88 Å². The van der Waals surface area contributed by atoms with E-state index in [1.807, 2.05) is 22.9 Å². The number of aliphatic hydroxyl groups excluding tert-OH is 1. The van der Waals surface area contributed by atoms with Crippen LogP contribution in [0.15, 0.2) is 22.9 Å². The fraction of sp³-hybridized carbons (Fsp3) is 0.467. The second-order valence-electron chi connectivity index (χ2n) is 5.36. The Bertz CT molecular complexity index is 595. The smallest absolute Gasteiger partial charge is 0.226 e. The molecule has 2 N–H and O–H groups in total. The Kier molecular flexibility index (Phi) is 4.67. The number of thiazole rings is 1. The number of thiophene rings is 1. The zero-order valence-electron chi connectivity index (χ0n) is 11.6. The highest BCUT2D eigenvalue weighted by molar-refractivity contribution is 7.20. The summed E-state index contributed by atoms with van der Waals surface area (Å²) in [6.45, 7) is 0.571. The molecule has 0 spiro atoms. The molecule has 6 heteroatoms. The van der Waals surface area contributed by atoms with E-state index in [0.717, 1.165) is 34.8 Å². The number of carbonyl (C=O) groups excluding carboxylic acids is 1. The molecule has 0 saturated heterocycles. The van der Waals surface area contributed by atoms with E-state index in [-0.39, 0.29) is 17.9 Å². The van der Waals surface area contributed by atoms with E-state index in [0.29, 0.717) is 13.0 Å². The first kappa shape index (κ1) is 14.7. The van der Waals surface area contributed by atoms with Crippen molar-refractivity contribution in [2.75, 3.05) is 6.54 Å². The summed E-state index contributed by atoms with van der Waals surface area (Å²) in [5.41, 5.74) is 0.813. The fourth-order valence-electron chi connectivity index (χ4n) is 2.63. The summed E-state index contributed by atoms with van der Waals surface area (Å²) in [7, 11) is 0. The molecule has 3 rings (SSSR count). The highest BCUT2D eigenvalue weighted by Crippen LogP contribution is 2.28. The van der Waals surface area contributed by atoms with Gasteiger partial charge >= 0.3 is 0 Å². The van der Waals surface area contributed by atoms with E-state index in [4.69, 9.17) is 0 Å². The van der Waals surface area contributed by atoms with E-state index in [1.54, 1.807) is 22.7 Å². The molecule has 1 aliphatic carbocycles. The van der Waals surface area contributed by atoms with Gasteiger partial charge in [0.15, 0.2) is 0 Å². The number of aliphatic hydroxyl groups is 1. The van der Waals surface area contributed by atoms with Gasteiger partial charge in [0, 0.05) is 17.8 Å². The second kappa shape index (κ2) is 6.68. The molecular weight excluding hydrogens is 304 g/mol. The van der Waals surface area contributed by atoms with E-state index >= 15 is 0 Å². The number of hydrogen-bond acceptors (Lipinski definition) is 5. The number of nitrogens with zero attached hydrogens (tertiary/aromatic N) is 1. The summed E-state index contributed by atoms with van der Waals surface area (Å²) < 4.78 is 0. The summed E-state index contributed by atoms with van der Waals surface area (Å²) in [6, 6.07) is 4.04. The quantitative estimate of drug-likeness (QED) is 0.889. The molecule has 1 aliphatic rings. The maximum Gasteiger partial charge on any atom is 0.226 e. The van der Waals surface area contributed by atoms with E-state index in [2.05, 4.69) is 10.3 Å². The highest BCUT2D eigenvalue weighted by atomic mass is 32.1. The third-order valence-corrected chi connectivity index (χ3v) is 5.74. The lowest BCUT2D eigenvalue weighted by atomic mass is 10.1. The molecule has 2 aromatic heterocycles. The summed E-state index contributed by atoms with van der Waals surface area (Å²) in [4.78, 5) is 17.6. The molecule has 2 aromatic rings. The molecule has 1 amide bonds. The van der Waals surface area contributed by atoms with Gasteiger partial charge in [0.05, 0.1) is 23.1 Å². The maximum absolute atomic E-state index is 11.9. The molecule has 112 valence electrons. The van der Waals surface area contributed by atoms with Gasteiger partial charge in [-0.05, 0) is 24.3 Å². The molecule has 2 heterocycles. The first-order chi connectivity index (χ1) is 10.2. The zero-order valence-corrected chi connectivity index (χ0v) is 13.3. The molecule has 21 heavy (non-hydrogen) atoms. The SMILES string of the molecule is O=C(Cc1csc(-c2cccs2)n1)NCC1CCCC1O. The number of hydrogen-bond donors (Lipinski definition) is 2. The first-order valence-corrected chi connectivity index (χ1v) is 8.91. The molecule has 0 bridgehead atoms. The molecule has 1 saturated carbocycles. The van der Waals surface area contributed by atoms with Gasteiger partial charge < -0.3 is 10.4 Å². The van der Waals surface area contributed by atoms with Crippen molar-refractivity contribution in [1.82, 2.24) is 10.3 Å². The van der Waals surface area contributed by atoms with Crippen molar-refractivity contribution in [2.45, 2.75) is 31.8 Å². The molecule has 4 nitrogen and oxygen atoms in total. The van der Waals surface area contributed by atoms with Crippen molar-refractivity contribution < 1.29 is 9.90 Å². The largest absolute Gasteiger partial charge is 0.393 e. The van der Waals surface area contributed by atoms with Gasteiger partial charge in [-0.1, -0.05) is 12.5 Å². The van der Waals surface area contributed by atoms with Gasteiger partial charge in [0.1, 0.15) is 5.01 Å². The second-order valence-corrected chi connectivity index (χ2v) is 7.17. The monoisotopic (exact) mass is 322 g/mol. The lowest BCUT2D eigenvalue weighted by molar-refractivity contribution is -0.120. The molecule has 0 aromatic carbocycles. The Balaban J connectivity index is 1.51. The van der Waals surface area contributed by atoms with Crippen LogP contribution >= 0.6 is 22.7 Å². The Morgan fingerprint density at radius 2 is 2.33 bits per heavy atom. The lowest BCUT2D eigenvalue weighted by Gasteiger charge is -2.14. The average Bonchev–Trinajstić information content (AvgIpc) is 3.17. The van der Waals surface area contributed by atoms with Crippen LogP contribution in [0.1, 0.15) is 25.0 Å². The molecule has 0 aliphatic heterocycles. The van der Waals surface area contributed by atoms with Crippen LogP contribution in [-0.2, 0) is 11.2 Å². The van der Waals surface area contributed by atoms with Crippen LogP contribution in [0, 0.1) is 5.92 Å². The standard InChI is InChI=1S/C15H18N2O2S2/c18-12-4-1-3-10(12)8-16-14(19)7-11-9-21-15(17-11)13-5-2-6-20-13/h2,5-6,9-10,12,18H,1,3-4,7-8H2,(H,16,19). The number of carbonyl (C=O) groups is 1.